The largest absolute Gasteiger partial charge is 0.393 e. The zero-order valence-electron chi connectivity index (χ0n) is 8.91. The second-order valence-electron chi connectivity index (χ2n) is 4.61. The van der Waals surface area contributed by atoms with Gasteiger partial charge in [0.1, 0.15) is 4.21 Å². The average molecular weight is 294 g/mol. The lowest BCUT2D eigenvalue weighted by Crippen LogP contribution is -2.39. The smallest absolute Gasteiger partial charge is 0.252 e. The molecule has 0 amide bonds. The number of thiophene rings is 1. The molecule has 0 spiro atoms. The van der Waals surface area contributed by atoms with Crippen LogP contribution in [0.25, 0.3) is 0 Å². The predicted octanol–water partition coefficient (Wildman–Crippen LogP) is 1.40. The highest BCUT2D eigenvalue weighted by Gasteiger charge is 2.49. The molecule has 1 saturated heterocycles. The molecule has 1 aliphatic carbocycles. The van der Waals surface area contributed by atoms with E-state index in [1.54, 1.807) is 12.1 Å². The molecule has 2 heterocycles. The summed E-state index contributed by atoms with van der Waals surface area (Å²) in [5.41, 5.74) is 0. The summed E-state index contributed by atoms with van der Waals surface area (Å²) in [7, 11) is -3.41. The van der Waals surface area contributed by atoms with E-state index in [-0.39, 0.29) is 12.0 Å². The van der Waals surface area contributed by atoms with Crippen LogP contribution in [0, 0.1) is 11.8 Å². The normalized spacial score (nSPS) is 33.4. The Hall–Kier alpha value is -0.140. The van der Waals surface area contributed by atoms with E-state index in [0.29, 0.717) is 27.6 Å². The van der Waals surface area contributed by atoms with E-state index in [2.05, 4.69) is 0 Å². The molecule has 1 N–H and O–H groups in total. The van der Waals surface area contributed by atoms with Crippen LogP contribution in [-0.2, 0) is 10.0 Å². The molecule has 94 valence electrons. The van der Waals surface area contributed by atoms with Gasteiger partial charge in [0, 0.05) is 19.0 Å². The molecule has 7 heteroatoms. The molecular weight excluding hydrogens is 282 g/mol. The summed E-state index contributed by atoms with van der Waals surface area (Å²) in [6.07, 6.45) is 0.397. The predicted molar refractivity (Wildman–Crippen MR) is 65.7 cm³/mol. The molecule has 3 rings (SSSR count). The molecule has 0 radical (unpaired) electrons. The van der Waals surface area contributed by atoms with Crippen LogP contribution in [0.2, 0.25) is 4.34 Å². The van der Waals surface area contributed by atoms with Gasteiger partial charge in [-0.3, -0.25) is 0 Å². The average Bonchev–Trinajstić information content (AvgIpc) is 2.82. The fraction of sp³-hybridized carbons (Fsp3) is 0.600. The third kappa shape index (κ3) is 1.82. The van der Waals surface area contributed by atoms with Gasteiger partial charge in [-0.15, -0.1) is 11.3 Å². The van der Waals surface area contributed by atoms with E-state index in [1.807, 2.05) is 0 Å². The monoisotopic (exact) mass is 293 g/mol. The van der Waals surface area contributed by atoms with Crippen molar-refractivity contribution in [2.45, 2.75) is 16.7 Å². The van der Waals surface area contributed by atoms with Crippen molar-refractivity contribution in [3.63, 3.8) is 0 Å². The van der Waals surface area contributed by atoms with Crippen LogP contribution in [0.3, 0.4) is 0 Å². The van der Waals surface area contributed by atoms with Gasteiger partial charge in [0.05, 0.1) is 10.4 Å². The van der Waals surface area contributed by atoms with Gasteiger partial charge < -0.3 is 5.11 Å². The van der Waals surface area contributed by atoms with Gasteiger partial charge in [-0.05, 0) is 24.5 Å². The molecule has 1 saturated carbocycles. The molecule has 0 bridgehead atoms. The maximum atomic E-state index is 12.3. The van der Waals surface area contributed by atoms with Crippen molar-refractivity contribution in [3.8, 4) is 0 Å². The fourth-order valence-corrected chi connectivity index (χ4v) is 5.76. The Kier molecular flexibility index (Phi) is 2.75. The first kappa shape index (κ1) is 11.9. The molecule has 1 aliphatic heterocycles. The van der Waals surface area contributed by atoms with Crippen molar-refractivity contribution in [3.05, 3.63) is 16.5 Å². The minimum Gasteiger partial charge on any atom is -0.393 e. The molecule has 0 aromatic carbocycles. The Morgan fingerprint density at radius 1 is 1.41 bits per heavy atom. The van der Waals surface area contributed by atoms with Crippen molar-refractivity contribution in [1.82, 2.24) is 4.31 Å². The number of halogens is 1. The minimum atomic E-state index is -3.41. The van der Waals surface area contributed by atoms with Gasteiger partial charge in [-0.1, -0.05) is 11.6 Å². The van der Waals surface area contributed by atoms with E-state index in [9.17, 15) is 13.5 Å². The Bertz CT molecular complexity index is 542. The van der Waals surface area contributed by atoms with Crippen LogP contribution >= 0.6 is 22.9 Å². The van der Waals surface area contributed by atoms with Gasteiger partial charge in [-0.2, -0.15) is 4.31 Å². The Labute approximate surface area is 109 Å². The Balaban J connectivity index is 1.85. The molecule has 3 atom stereocenters. The first-order valence-corrected chi connectivity index (χ1v) is 8.05. The molecular formula is C10H12ClNO3S2. The van der Waals surface area contributed by atoms with E-state index in [0.717, 1.165) is 17.8 Å². The molecule has 0 unspecified atom stereocenters. The quantitative estimate of drug-likeness (QED) is 0.897. The van der Waals surface area contributed by atoms with Crippen LogP contribution < -0.4 is 0 Å². The van der Waals surface area contributed by atoms with E-state index in [4.69, 9.17) is 11.6 Å². The van der Waals surface area contributed by atoms with E-state index in [1.165, 1.54) is 4.31 Å². The number of aliphatic hydroxyl groups is 1. The first-order chi connectivity index (χ1) is 7.98. The highest BCUT2D eigenvalue weighted by Crippen LogP contribution is 2.43. The summed E-state index contributed by atoms with van der Waals surface area (Å²) in [6, 6.07) is 3.14. The van der Waals surface area contributed by atoms with Gasteiger partial charge in [-0.25, -0.2) is 8.42 Å². The Morgan fingerprint density at radius 3 is 2.71 bits per heavy atom. The maximum absolute atomic E-state index is 12.3. The summed E-state index contributed by atoms with van der Waals surface area (Å²) in [6.45, 7) is 0.962. The van der Waals surface area contributed by atoms with Crippen LogP contribution in [0.4, 0.5) is 0 Å². The molecule has 4 nitrogen and oxygen atoms in total. The number of rotatable bonds is 2. The second-order valence-corrected chi connectivity index (χ2v) is 8.49. The minimum absolute atomic E-state index is 0.125. The summed E-state index contributed by atoms with van der Waals surface area (Å²) in [5.74, 6) is 0.454. The number of fused-ring (bicyclic) bond motifs is 1. The van der Waals surface area contributed by atoms with Crippen molar-refractivity contribution in [2.75, 3.05) is 13.1 Å². The van der Waals surface area contributed by atoms with E-state index >= 15 is 0 Å². The SMILES string of the molecule is O=S(=O)(c1ccc(Cl)s1)N1C[C@H]2C[C@H](O)[C@H]2C1. The summed E-state index contributed by atoms with van der Waals surface area (Å²) >= 11 is 6.84. The summed E-state index contributed by atoms with van der Waals surface area (Å²) in [5, 5.41) is 9.54. The number of aliphatic hydroxyl groups excluding tert-OH is 1. The zero-order chi connectivity index (χ0) is 12.2. The maximum Gasteiger partial charge on any atom is 0.252 e. The van der Waals surface area contributed by atoms with Crippen molar-refractivity contribution in [1.29, 1.82) is 0 Å². The second kappa shape index (κ2) is 3.93. The number of nitrogens with zero attached hydrogens (tertiary/aromatic N) is 1. The lowest BCUT2D eigenvalue weighted by atomic mass is 9.74. The van der Waals surface area contributed by atoms with Crippen molar-refractivity contribution in [2.24, 2.45) is 11.8 Å². The van der Waals surface area contributed by atoms with Crippen molar-refractivity contribution >= 4 is 33.0 Å². The molecule has 2 aliphatic rings. The van der Waals surface area contributed by atoms with Gasteiger partial charge >= 0.3 is 0 Å². The lowest BCUT2D eigenvalue weighted by molar-refractivity contribution is -0.00416. The number of hydrogen-bond donors (Lipinski definition) is 1. The standard InChI is InChI=1S/C10H12ClNO3S2/c11-9-1-2-10(16-9)17(14,15)12-4-6-3-8(13)7(6)5-12/h1-2,6-8,13H,3-5H2/t6-,7+,8+/m1/s1. The third-order valence-electron chi connectivity index (χ3n) is 3.64. The van der Waals surface area contributed by atoms with Gasteiger partial charge in [0.25, 0.3) is 10.0 Å². The lowest BCUT2D eigenvalue weighted by Gasteiger charge is -2.34. The zero-order valence-corrected chi connectivity index (χ0v) is 11.3. The first-order valence-electron chi connectivity index (χ1n) is 5.42. The van der Waals surface area contributed by atoms with E-state index < -0.39 is 10.0 Å². The van der Waals surface area contributed by atoms with Crippen molar-refractivity contribution < 1.29 is 13.5 Å². The van der Waals surface area contributed by atoms with Crippen LogP contribution in [-0.4, -0.2) is 37.0 Å². The fourth-order valence-electron chi connectivity index (χ4n) is 2.59. The van der Waals surface area contributed by atoms with Crippen LogP contribution in [0.5, 0.6) is 0 Å². The summed E-state index contributed by atoms with van der Waals surface area (Å²) < 4.78 is 26.8. The van der Waals surface area contributed by atoms with Crippen LogP contribution in [0.1, 0.15) is 6.42 Å². The third-order valence-corrected chi connectivity index (χ3v) is 7.17. The molecule has 1 aromatic rings. The van der Waals surface area contributed by atoms with Gasteiger partial charge in [0.2, 0.25) is 0 Å². The van der Waals surface area contributed by atoms with Crippen LogP contribution in [0.15, 0.2) is 16.3 Å². The highest BCUT2D eigenvalue weighted by atomic mass is 35.5. The summed E-state index contributed by atoms with van der Waals surface area (Å²) in [4.78, 5) is 0. The van der Waals surface area contributed by atoms with Gasteiger partial charge in [0.15, 0.2) is 0 Å². The molecule has 2 fully saturated rings. The number of hydrogen-bond acceptors (Lipinski definition) is 4. The number of sulfonamides is 1. The highest BCUT2D eigenvalue weighted by molar-refractivity contribution is 7.91. The Morgan fingerprint density at radius 2 is 2.18 bits per heavy atom. The topological polar surface area (TPSA) is 57.6 Å². The molecule has 1 aromatic heterocycles. The molecule has 17 heavy (non-hydrogen) atoms.